The number of nitrogens with zero attached hydrogens (tertiary/aromatic N) is 2. The lowest BCUT2D eigenvalue weighted by atomic mass is 9.96. The summed E-state index contributed by atoms with van der Waals surface area (Å²) in [5, 5.41) is 11.1. The first kappa shape index (κ1) is 18.1. The average Bonchev–Trinajstić information content (AvgIpc) is 2.88. The maximum Gasteiger partial charge on any atom is 0.394 e. The number of carbonyl (C=O) groups excluding carboxylic acids is 2. The van der Waals surface area contributed by atoms with Crippen molar-refractivity contribution in [2.75, 3.05) is 33.2 Å². The summed E-state index contributed by atoms with van der Waals surface area (Å²) in [5.74, 6) is -5.79. The molecule has 0 bridgehead atoms. The van der Waals surface area contributed by atoms with Gasteiger partial charge in [0.1, 0.15) is 0 Å². The standard InChI is InChI=1S/C12H18F3N3O4/c1-3-17(2)9(19)4-16-11(22)18-5-7(10(20)21)8(6-18)12(13,14)15/h7-8H,3-6H2,1-2H3,(H,16,22)(H,20,21)/t7-,8-/m1/s1. The highest BCUT2D eigenvalue weighted by molar-refractivity contribution is 5.84. The number of nitrogens with one attached hydrogen (secondary N) is 1. The van der Waals surface area contributed by atoms with Crippen LogP contribution < -0.4 is 5.32 Å². The second kappa shape index (κ2) is 6.84. The van der Waals surface area contributed by atoms with Gasteiger partial charge >= 0.3 is 18.2 Å². The fourth-order valence-electron chi connectivity index (χ4n) is 2.13. The molecule has 7 nitrogen and oxygen atoms in total. The van der Waals surface area contributed by atoms with Crippen LogP contribution in [0.4, 0.5) is 18.0 Å². The fourth-order valence-corrected chi connectivity index (χ4v) is 2.13. The summed E-state index contributed by atoms with van der Waals surface area (Å²) in [4.78, 5) is 36.3. The molecule has 1 saturated heterocycles. The van der Waals surface area contributed by atoms with E-state index in [0.717, 1.165) is 4.90 Å². The van der Waals surface area contributed by atoms with Crippen molar-refractivity contribution in [2.24, 2.45) is 11.8 Å². The van der Waals surface area contributed by atoms with Gasteiger partial charge in [0.15, 0.2) is 0 Å². The number of hydrogen-bond acceptors (Lipinski definition) is 3. The van der Waals surface area contributed by atoms with Crippen LogP contribution in [-0.2, 0) is 9.59 Å². The van der Waals surface area contributed by atoms with Crippen molar-refractivity contribution in [2.45, 2.75) is 13.1 Å². The predicted molar refractivity (Wildman–Crippen MR) is 69.0 cm³/mol. The van der Waals surface area contributed by atoms with Gasteiger partial charge in [0.05, 0.1) is 18.4 Å². The molecule has 1 heterocycles. The van der Waals surface area contributed by atoms with Gasteiger partial charge in [0.25, 0.3) is 0 Å². The summed E-state index contributed by atoms with van der Waals surface area (Å²) in [6, 6.07) is -0.879. The number of hydrogen-bond donors (Lipinski definition) is 2. The molecule has 0 spiro atoms. The zero-order valence-electron chi connectivity index (χ0n) is 12.2. The van der Waals surface area contributed by atoms with Crippen molar-refractivity contribution in [3.05, 3.63) is 0 Å². The summed E-state index contributed by atoms with van der Waals surface area (Å²) >= 11 is 0. The molecule has 2 N–H and O–H groups in total. The third kappa shape index (κ3) is 4.25. The van der Waals surface area contributed by atoms with E-state index in [-0.39, 0.29) is 6.54 Å². The number of rotatable bonds is 4. The monoisotopic (exact) mass is 325 g/mol. The lowest BCUT2D eigenvalue weighted by molar-refractivity contribution is -0.187. The molecule has 0 aromatic carbocycles. The van der Waals surface area contributed by atoms with E-state index < -0.39 is 49.0 Å². The number of urea groups is 1. The summed E-state index contributed by atoms with van der Waals surface area (Å²) in [5.41, 5.74) is 0. The fraction of sp³-hybridized carbons (Fsp3) is 0.750. The lowest BCUT2D eigenvalue weighted by Crippen LogP contribution is -2.44. The number of carboxylic acid groups (broad SMARTS) is 1. The third-order valence-electron chi connectivity index (χ3n) is 3.64. The van der Waals surface area contributed by atoms with Gasteiger partial charge in [-0.25, -0.2) is 4.79 Å². The van der Waals surface area contributed by atoms with E-state index in [0.29, 0.717) is 6.54 Å². The number of likely N-dealkylation sites (N-methyl/N-ethyl adjacent to an activating group) is 1. The molecule has 10 heteroatoms. The molecular formula is C12H18F3N3O4. The molecule has 0 aromatic rings. The number of halogens is 3. The van der Waals surface area contributed by atoms with E-state index in [1.54, 1.807) is 6.92 Å². The first-order valence-corrected chi connectivity index (χ1v) is 6.64. The van der Waals surface area contributed by atoms with Crippen molar-refractivity contribution in [3.8, 4) is 0 Å². The van der Waals surface area contributed by atoms with Crippen LogP contribution in [0.1, 0.15) is 6.92 Å². The number of alkyl halides is 3. The molecule has 0 radical (unpaired) electrons. The Kier molecular flexibility index (Phi) is 5.61. The van der Waals surface area contributed by atoms with Gasteiger partial charge in [-0.15, -0.1) is 0 Å². The molecule has 2 atom stereocenters. The Hall–Kier alpha value is -2.00. The summed E-state index contributed by atoms with van der Waals surface area (Å²) in [6.07, 6.45) is -4.70. The number of carboxylic acids is 1. The largest absolute Gasteiger partial charge is 0.481 e. The van der Waals surface area contributed by atoms with Crippen molar-refractivity contribution < 1.29 is 32.7 Å². The van der Waals surface area contributed by atoms with Crippen LogP contribution in [-0.4, -0.2) is 72.2 Å². The zero-order valence-corrected chi connectivity index (χ0v) is 12.2. The van der Waals surface area contributed by atoms with Crippen LogP contribution in [0.2, 0.25) is 0 Å². The van der Waals surface area contributed by atoms with E-state index in [4.69, 9.17) is 5.11 Å². The first-order chi connectivity index (χ1) is 10.1. The lowest BCUT2D eigenvalue weighted by Gasteiger charge is -2.19. The Morgan fingerprint density at radius 3 is 2.32 bits per heavy atom. The highest BCUT2D eigenvalue weighted by Crippen LogP contribution is 2.37. The molecule has 1 fully saturated rings. The Morgan fingerprint density at radius 2 is 1.91 bits per heavy atom. The first-order valence-electron chi connectivity index (χ1n) is 6.64. The predicted octanol–water partition coefficient (Wildman–Crippen LogP) is 0.369. The van der Waals surface area contributed by atoms with Crippen LogP contribution in [0.15, 0.2) is 0 Å². The van der Waals surface area contributed by atoms with Gasteiger partial charge in [-0.1, -0.05) is 0 Å². The highest BCUT2D eigenvalue weighted by Gasteiger charge is 2.53. The minimum absolute atomic E-state index is 0.353. The number of likely N-dealkylation sites (tertiary alicyclic amines) is 1. The van der Waals surface area contributed by atoms with Crippen molar-refractivity contribution in [1.29, 1.82) is 0 Å². The Balaban J connectivity index is 2.65. The van der Waals surface area contributed by atoms with Crippen LogP contribution >= 0.6 is 0 Å². The quantitative estimate of drug-likeness (QED) is 0.781. The number of amides is 3. The summed E-state index contributed by atoms with van der Waals surface area (Å²) < 4.78 is 38.4. The summed E-state index contributed by atoms with van der Waals surface area (Å²) in [7, 11) is 1.52. The van der Waals surface area contributed by atoms with Gasteiger partial charge in [-0.05, 0) is 6.92 Å². The molecule has 0 aromatic heterocycles. The van der Waals surface area contributed by atoms with E-state index in [1.165, 1.54) is 11.9 Å². The maximum absolute atomic E-state index is 12.8. The third-order valence-corrected chi connectivity index (χ3v) is 3.64. The Bertz CT molecular complexity index is 455. The van der Waals surface area contributed by atoms with Crippen molar-refractivity contribution in [3.63, 3.8) is 0 Å². The molecule has 126 valence electrons. The number of aliphatic carboxylic acids is 1. The van der Waals surface area contributed by atoms with E-state index in [1.807, 2.05) is 0 Å². The Morgan fingerprint density at radius 1 is 1.32 bits per heavy atom. The molecule has 0 saturated carbocycles. The van der Waals surface area contributed by atoms with Gasteiger partial charge in [-0.3, -0.25) is 9.59 Å². The van der Waals surface area contributed by atoms with Crippen molar-refractivity contribution >= 4 is 17.9 Å². The molecular weight excluding hydrogens is 307 g/mol. The van der Waals surface area contributed by atoms with E-state index in [2.05, 4.69) is 5.32 Å². The summed E-state index contributed by atoms with van der Waals surface area (Å²) in [6.45, 7) is 0.530. The Labute approximate surface area is 125 Å². The molecule has 1 aliphatic rings. The molecule has 1 aliphatic heterocycles. The second-order valence-electron chi connectivity index (χ2n) is 5.06. The van der Waals surface area contributed by atoms with E-state index >= 15 is 0 Å². The second-order valence-corrected chi connectivity index (χ2v) is 5.06. The molecule has 3 amide bonds. The van der Waals surface area contributed by atoms with E-state index in [9.17, 15) is 27.6 Å². The van der Waals surface area contributed by atoms with Crippen LogP contribution in [0, 0.1) is 11.8 Å². The topological polar surface area (TPSA) is 90.0 Å². The minimum Gasteiger partial charge on any atom is -0.481 e. The SMILES string of the molecule is CCN(C)C(=O)CNC(=O)N1C[C@@H](C(F)(F)F)[C@H](C(=O)O)C1. The average molecular weight is 325 g/mol. The molecule has 22 heavy (non-hydrogen) atoms. The van der Waals surface area contributed by atoms with Gasteiger partial charge in [-0.2, -0.15) is 13.2 Å². The normalized spacial score (nSPS) is 21.6. The van der Waals surface area contributed by atoms with Crippen LogP contribution in [0.5, 0.6) is 0 Å². The minimum atomic E-state index is -4.70. The van der Waals surface area contributed by atoms with Crippen molar-refractivity contribution in [1.82, 2.24) is 15.1 Å². The maximum atomic E-state index is 12.8. The van der Waals surface area contributed by atoms with Gasteiger partial charge in [0, 0.05) is 26.7 Å². The molecule has 0 unspecified atom stereocenters. The highest BCUT2D eigenvalue weighted by atomic mass is 19.4. The van der Waals surface area contributed by atoms with Crippen LogP contribution in [0.3, 0.4) is 0 Å². The van der Waals surface area contributed by atoms with Crippen LogP contribution in [0.25, 0.3) is 0 Å². The van der Waals surface area contributed by atoms with Gasteiger partial charge < -0.3 is 20.2 Å². The van der Waals surface area contributed by atoms with Gasteiger partial charge in [0.2, 0.25) is 5.91 Å². The zero-order chi connectivity index (χ0) is 17.1. The number of carbonyl (C=O) groups is 3. The molecule has 0 aliphatic carbocycles. The smallest absolute Gasteiger partial charge is 0.394 e. The molecule has 1 rings (SSSR count).